The van der Waals surface area contributed by atoms with Crippen molar-refractivity contribution in [3.05, 3.63) is 35.6 Å². The van der Waals surface area contributed by atoms with Crippen LogP contribution in [0.4, 0.5) is 8.78 Å². The Labute approximate surface area is 117 Å². The fourth-order valence-corrected chi connectivity index (χ4v) is 2.42. The number of alkyl halides is 1. The van der Waals surface area contributed by atoms with Crippen LogP contribution in [0.5, 0.6) is 0 Å². The number of halogens is 2. The molecule has 0 saturated carbocycles. The predicted molar refractivity (Wildman–Crippen MR) is 73.5 cm³/mol. The van der Waals surface area contributed by atoms with Crippen molar-refractivity contribution in [1.29, 1.82) is 0 Å². The van der Waals surface area contributed by atoms with Crippen LogP contribution < -0.4 is 5.32 Å². The van der Waals surface area contributed by atoms with Crippen LogP contribution in [0.15, 0.2) is 24.3 Å². The molecule has 7 heteroatoms. The van der Waals surface area contributed by atoms with Crippen LogP contribution in [0, 0.1) is 5.82 Å². The van der Waals surface area contributed by atoms with E-state index in [9.17, 15) is 17.2 Å². The molecule has 1 atom stereocenters. The number of benzene rings is 1. The first-order valence-corrected chi connectivity index (χ1v) is 7.77. The summed E-state index contributed by atoms with van der Waals surface area (Å²) >= 11 is 0. The summed E-state index contributed by atoms with van der Waals surface area (Å²) in [6.45, 7) is 3.47. The molecule has 0 aliphatic rings. The van der Waals surface area contributed by atoms with Gasteiger partial charge in [-0.1, -0.05) is 12.1 Å². The maximum Gasteiger partial charge on any atom is 0.267 e. The fraction of sp³-hybridized carbons (Fsp3) is 0.538. The minimum absolute atomic E-state index is 0.187. The van der Waals surface area contributed by atoms with Crippen LogP contribution in [0.1, 0.15) is 19.4 Å². The molecular formula is C13H19F2NO3S. The molecular weight excluding hydrogens is 288 g/mol. The van der Waals surface area contributed by atoms with Gasteiger partial charge in [0.05, 0.1) is 0 Å². The summed E-state index contributed by atoms with van der Waals surface area (Å²) in [7, 11) is -4.31. The summed E-state index contributed by atoms with van der Waals surface area (Å²) < 4.78 is 55.8. The zero-order chi connectivity index (χ0) is 15.4. The van der Waals surface area contributed by atoms with Crippen molar-refractivity contribution in [2.75, 3.05) is 12.3 Å². The predicted octanol–water partition coefficient (Wildman–Crippen LogP) is 1.96. The average Bonchev–Trinajstić information content (AvgIpc) is 2.27. The van der Waals surface area contributed by atoms with Gasteiger partial charge in [-0.2, -0.15) is 8.42 Å². The molecule has 0 heterocycles. The van der Waals surface area contributed by atoms with Crippen molar-refractivity contribution in [2.24, 2.45) is 0 Å². The molecule has 0 aromatic heterocycles. The Hall–Kier alpha value is -1.05. The average molecular weight is 307 g/mol. The van der Waals surface area contributed by atoms with Gasteiger partial charge in [0.2, 0.25) is 0 Å². The molecule has 2 N–H and O–H groups in total. The van der Waals surface area contributed by atoms with Gasteiger partial charge in [0.25, 0.3) is 10.1 Å². The molecule has 20 heavy (non-hydrogen) atoms. The van der Waals surface area contributed by atoms with Crippen LogP contribution in [0.2, 0.25) is 0 Å². The van der Waals surface area contributed by atoms with E-state index in [1.54, 1.807) is 12.1 Å². The summed E-state index contributed by atoms with van der Waals surface area (Å²) in [6, 6.07) is 5.98. The van der Waals surface area contributed by atoms with Gasteiger partial charge in [-0.05, 0) is 38.0 Å². The van der Waals surface area contributed by atoms with E-state index in [4.69, 9.17) is 4.55 Å². The van der Waals surface area contributed by atoms with E-state index in [1.165, 1.54) is 12.1 Å². The summed E-state index contributed by atoms with van der Waals surface area (Å²) in [4.78, 5) is 0. The normalized spacial score (nSPS) is 14.2. The first-order valence-electron chi connectivity index (χ1n) is 6.16. The van der Waals surface area contributed by atoms with Gasteiger partial charge < -0.3 is 5.32 Å². The van der Waals surface area contributed by atoms with E-state index in [1.807, 2.05) is 13.8 Å². The van der Waals surface area contributed by atoms with Gasteiger partial charge in [-0.25, -0.2) is 8.78 Å². The molecule has 1 aromatic rings. The van der Waals surface area contributed by atoms with Crippen molar-refractivity contribution in [2.45, 2.75) is 32.0 Å². The molecule has 0 spiro atoms. The number of rotatable bonds is 7. The van der Waals surface area contributed by atoms with Crippen LogP contribution in [-0.2, 0) is 16.5 Å². The second-order valence-corrected chi connectivity index (χ2v) is 6.91. The molecule has 114 valence electrons. The maximum absolute atomic E-state index is 13.4. The first kappa shape index (κ1) is 17.0. The monoisotopic (exact) mass is 307 g/mol. The van der Waals surface area contributed by atoms with Gasteiger partial charge in [-0.15, -0.1) is 0 Å². The zero-order valence-corrected chi connectivity index (χ0v) is 12.3. The third kappa shape index (κ3) is 6.93. The smallest absolute Gasteiger partial charge is 0.267 e. The van der Waals surface area contributed by atoms with Gasteiger partial charge in [0.15, 0.2) is 0 Å². The second kappa shape index (κ2) is 6.60. The number of nitrogens with one attached hydrogen (secondary N) is 1. The number of hydrogen-bond acceptors (Lipinski definition) is 3. The lowest BCUT2D eigenvalue weighted by molar-refractivity contribution is 0.290. The molecule has 0 radical (unpaired) electrons. The van der Waals surface area contributed by atoms with Crippen molar-refractivity contribution in [3.63, 3.8) is 0 Å². The fourth-order valence-electron chi connectivity index (χ4n) is 1.85. The third-order valence-electron chi connectivity index (χ3n) is 2.75. The molecule has 4 nitrogen and oxygen atoms in total. The molecule has 0 aliphatic heterocycles. The highest BCUT2D eigenvalue weighted by Crippen LogP contribution is 2.13. The maximum atomic E-state index is 13.4. The van der Waals surface area contributed by atoms with Gasteiger partial charge in [-0.3, -0.25) is 4.55 Å². The van der Waals surface area contributed by atoms with Crippen molar-refractivity contribution >= 4 is 10.1 Å². The minimum Gasteiger partial charge on any atom is -0.309 e. The lowest BCUT2D eigenvalue weighted by Gasteiger charge is -2.27. The quantitative estimate of drug-likeness (QED) is 0.756. The molecule has 1 unspecified atom stereocenters. The van der Waals surface area contributed by atoms with E-state index in [2.05, 4.69) is 5.32 Å². The van der Waals surface area contributed by atoms with Crippen molar-refractivity contribution < 1.29 is 21.8 Å². The number of hydrogen-bond donors (Lipinski definition) is 2. The van der Waals surface area contributed by atoms with E-state index in [-0.39, 0.29) is 12.4 Å². The zero-order valence-electron chi connectivity index (χ0n) is 11.4. The molecule has 1 aromatic carbocycles. The first-order chi connectivity index (χ1) is 9.07. The van der Waals surface area contributed by atoms with E-state index < -0.39 is 27.6 Å². The third-order valence-corrected chi connectivity index (χ3v) is 3.54. The Morgan fingerprint density at radius 3 is 2.35 bits per heavy atom. The Balaban J connectivity index is 2.51. The van der Waals surface area contributed by atoms with Gasteiger partial charge in [0.1, 0.15) is 17.7 Å². The molecule has 1 rings (SSSR count). The van der Waals surface area contributed by atoms with Crippen LogP contribution in [0.3, 0.4) is 0 Å². The highest BCUT2D eigenvalue weighted by Gasteiger charge is 2.22. The lowest BCUT2D eigenvalue weighted by atomic mass is 9.95. The summed E-state index contributed by atoms with van der Waals surface area (Å²) in [6.07, 6.45) is -1.15. The Morgan fingerprint density at radius 1 is 1.30 bits per heavy atom. The Morgan fingerprint density at radius 2 is 1.85 bits per heavy atom. The van der Waals surface area contributed by atoms with Gasteiger partial charge >= 0.3 is 0 Å². The van der Waals surface area contributed by atoms with Crippen LogP contribution in [-0.4, -0.2) is 37.0 Å². The minimum atomic E-state index is -4.31. The van der Waals surface area contributed by atoms with E-state index >= 15 is 0 Å². The largest absolute Gasteiger partial charge is 0.309 e. The second-order valence-electron chi connectivity index (χ2n) is 5.41. The Bertz CT molecular complexity index is 529. The molecule has 0 fully saturated rings. The SMILES string of the molecule is CC(C)(Cc1ccc(F)cc1)NCC(F)CS(=O)(=O)O. The van der Waals surface area contributed by atoms with E-state index in [0.29, 0.717) is 6.42 Å². The van der Waals surface area contributed by atoms with Crippen molar-refractivity contribution in [1.82, 2.24) is 5.32 Å². The van der Waals surface area contributed by atoms with E-state index in [0.717, 1.165) is 5.56 Å². The summed E-state index contributed by atoms with van der Waals surface area (Å²) in [5, 5.41) is 2.90. The van der Waals surface area contributed by atoms with Crippen molar-refractivity contribution in [3.8, 4) is 0 Å². The van der Waals surface area contributed by atoms with Crippen LogP contribution in [0.25, 0.3) is 0 Å². The summed E-state index contributed by atoms with van der Waals surface area (Å²) in [5.41, 5.74) is 0.399. The molecule has 0 bridgehead atoms. The highest BCUT2D eigenvalue weighted by atomic mass is 32.2. The van der Waals surface area contributed by atoms with Gasteiger partial charge in [0, 0.05) is 12.1 Å². The topological polar surface area (TPSA) is 66.4 Å². The highest BCUT2D eigenvalue weighted by molar-refractivity contribution is 7.85. The van der Waals surface area contributed by atoms with Crippen LogP contribution >= 0.6 is 0 Å². The standard InChI is InChI=1S/C13H19F2NO3S/c1-13(2,7-10-3-5-11(14)6-4-10)16-8-12(15)9-20(17,18)19/h3-6,12,16H,7-9H2,1-2H3,(H,17,18,19). The molecule has 0 amide bonds. The molecule has 0 saturated heterocycles. The Kier molecular flexibility index (Phi) is 5.61. The summed E-state index contributed by atoms with van der Waals surface area (Å²) in [5.74, 6) is -1.25. The lowest BCUT2D eigenvalue weighted by Crippen LogP contribution is -2.45. The molecule has 0 aliphatic carbocycles.